The molecular formula is C7H16N2O. The summed E-state index contributed by atoms with van der Waals surface area (Å²) in [4.78, 5) is 12.8. The van der Waals surface area contributed by atoms with Crippen molar-refractivity contribution in [2.24, 2.45) is 5.73 Å². The van der Waals surface area contributed by atoms with Crippen molar-refractivity contribution in [2.45, 2.75) is 20.3 Å². The standard InChI is InChI=1S/C7H16N2O/c1-3-7(10)9(4-2)6-5-8/h3-6,8H2,1-2H3. The molecule has 0 saturated heterocycles. The van der Waals surface area contributed by atoms with Crippen molar-refractivity contribution in [3.8, 4) is 0 Å². The predicted molar refractivity (Wildman–Crippen MR) is 41.6 cm³/mol. The van der Waals surface area contributed by atoms with Gasteiger partial charge in [-0.25, -0.2) is 0 Å². The van der Waals surface area contributed by atoms with Gasteiger partial charge in [-0.15, -0.1) is 0 Å². The van der Waals surface area contributed by atoms with Gasteiger partial charge in [-0.1, -0.05) is 6.92 Å². The first-order chi connectivity index (χ1) is 4.76. The summed E-state index contributed by atoms with van der Waals surface area (Å²) < 4.78 is 0. The Morgan fingerprint density at radius 2 is 2.10 bits per heavy atom. The number of carbonyl (C=O) groups excluding carboxylic acids is 1. The summed E-state index contributed by atoms with van der Waals surface area (Å²) in [6.07, 6.45) is 0.577. The summed E-state index contributed by atoms with van der Waals surface area (Å²) in [5.74, 6) is 0.188. The van der Waals surface area contributed by atoms with E-state index in [1.807, 2.05) is 13.8 Å². The van der Waals surface area contributed by atoms with E-state index in [0.717, 1.165) is 6.54 Å². The fourth-order valence-corrected chi connectivity index (χ4v) is 0.839. The van der Waals surface area contributed by atoms with Gasteiger partial charge in [0, 0.05) is 26.1 Å². The highest BCUT2D eigenvalue weighted by atomic mass is 16.2. The average Bonchev–Trinajstić information content (AvgIpc) is 1.99. The first kappa shape index (κ1) is 9.43. The third-order valence-corrected chi connectivity index (χ3v) is 1.44. The SMILES string of the molecule is CCC(=O)N(CC)CCN. The van der Waals surface area contributed by atoms with E-state index in [9.17, 15) is 4.79 Å². The Balaban J connectivity index is 3.68. The summed E-state index contributed by atoms with van der Waals surface area (Å²) >= 11 is 0. The molecule has 10 heavy (non-hydrogen) atoms. The largest absolute Gasteiger partial charge is 0.342 e. The Kier molecular flexibility index (Phi) is 4.94. The predicted octanol–water partition coefficient (Wildman–Crippen LogP) is 0.204. The Bertz CT molecular complexity index is 104. The first-order valence-electron chi connectivity index (χ1n) is 3.74. The monoisotopic (exact) mass is 144 g/mol. The van der Waals surface area contributed by atoms with Gasteiger partial charge in [0.15, 0.2) is 0 Å². The van der Waals surface area contributed by atoms with Crippen molar-refractivity contribution in [2.75, 3.05) is 19.6 Å². The Morgan fingerprint density at radius 3 is 2.40 bits per heavy atom. The lowest BCUT2D eigenvalue weighted by atomic mass is 10.4. The van der Waals surface area contributed by atoms with E-state index in [2.05, 4.69) is 0 Å². The van der Waals surface area contributed by atoms with Crippen LogP contribution in [-0.2, 0) is 4.79 Å². The summed E-state index contributed by atoms with van der Waals surface area (Å²) in [6.45, 7) is 5.83. The van der Waals surface area contributed by atoms with E-state index in [1.54, 1.807) is 4.90 Å². The maximum Gasteiger partial charge on any atom is 0.222 e. The van der Waals surface area contributed by atoms with Gasteiger partial charge in [0.25, 0.3) is 0 Å². The van der Waals surface area contributed by atoms with Crippen LogP contribution in [0.25, 0.3) is 0 Å². The normalized spacial score (nSPS) is 9.50. The van der Waals surface area contributed by atoms with Crippen LogP contribution in [0.15, 0.2) is 0 Å². The van der Waals surface area contributed by atoms with Crippen LogP contribution in [0.3, 0.4) is 0 Å². The number of likely N-dealkylation sites (N-methyl/N-ethyl adjacent to an activating group) is 1. The van der Waals surface area contributed by atoms with Gasteiger partial charge >= 0.3 is 0 Å². The second kappa shape index (κ2) is 5.23. The zero-order valence-corrected chi connectivity index (χ0v) is 6.76. The molecule has 0 bridgehead atoms. The van der Waals surface area contributed by atoms with E-state index in [4.69, 9.17) is 5.73 Å². The molecule has 0 aliphatic carbocycles. The molecule has 0 aliphatic heterocycles. The van der Waals surface area contributed by atoms with Gasteiger partial charge in [-0.3, -0.25) is 4.79 Å². The number of amides is 1. The number of rotatable bonds is 4. The highest BCUT2D eigenvalue weighted by Gasteiger charge is 2.05. The fraction of sp³-hybridized carbons (Fsp3) is 0.857. The molecule has 0 radical (unpaired) electrons. The van der Waals surface area contributed by atoms with Crippen molar-refractivity contribution >= 4 is 5.91 Å². The zero-order chi connectivity index (χ0) is 7.98. The molecule has 0 fully saturated rings. The van der Waals surface area contributed by atoms with Crippen molar-refractivity contribution in [3.63, 3.8) is 0 Å². The minimum absolute atomic E-state index is 0.188. The number of hydrogen-bond donors (Lipinski definition) is 1. The fourth-order valence-electron chi connectivity index (χ4n) is 0.839. The quantitative estimate of drug-likeness (QED) is 0.613. The van der Waals surface area contributed by atoms with Crippen molar-refractivity contribution in [3.05, 3.63) is 0 Å². The van der Waals surface area contributed by atoms with Crippen LogP contribution < -0.4 is 5.73 Å². The number of nitrogens with zero attached hydrogens (tertiary/aromatic N) is 1. The molecule has 2 N–H and O–H groups in total. The van der Waals surface area contributed by atoms with Crippen molar-refractivity contribution in [1.82, 2.24) is 4.90 Å². The van der Waals surface area contributed by atoms with Crippen molar-refractivity contribution < 1.29 is 4.79 Å². The lowest BCUT2D eigenvalue weighted by Gasteiger charge is -2.18. The molecule has 0 aliphatic rings. The molecule has 0 aromatic carbocycles. The van der Waals surface area contributed by atoms with Crippen molar-refractivity contribution in [1.29, 1.82) is 0 Å². The van der Waals surface area contributed by atoms with E-state index in [1.165, 1.54) is 0 Å². The summed E-state index contributed by atoms with van der Waals surface area (Å²) in [5, 5.41) is 0. The average molecular weight is 144 g/mol. The van der Waals surface area contributed by atoms with Crippen LogP contribution in [0.2, 0.25) is 0 Å². The van der Waals surface area contributed by atoms with Gasteiger partial charge in [0.05, 0.1) is 0 Å². The molecule has 0 rings (SSSR count). The van der Waals surface area contributed by atoms with Gasteiger partial charge in [-0.05, 0) is 6.92 Å². The lowest BCUT2D eigenvalue weighted by molar-refractivity contribution is -0.130. The smallest absolute Gasteiger partial charge is 0.222 e. The van der Waals surface area contributed by atoms with Gasteiger partial charge in [0.2, 0.25) is 5.91 Å². The molecule has 0 unspecified atom stereocenters. The molecule has 3 heteroatoms. The highest BCUT2D eigenvalue weighted by Crippen LogP contribution is 1.91. The molecule has 0 atom stereocenters. The van der Waals surface area contributed by atoms with E-state index >= 15 is 0 Å². The molecule has 0 spiro atoms. The first-order valence-corrected chi connectivity index (χ1v) is 3.74. The topological polar surface area (TPSA) is 46.3 Å². The maximum atomic E-state index is 11.0. The Morgan fingerprint density at radius 1 is 1.50 bits per heavy atom. The highest BCUT2D eigenvalue weighted by molar-refractivity contribution is 5.75. The zero-order valence-electron chi connectivity index (χ0n) is 6.76. The van der Waals surface area contributed by atoms with Gasteiger partial charge < -0.3 is 10.6 Å². The number of hydrogen-bond acceptors (Lipinski definition) is 2. The molecule has 1 amide bonds. The lowest BCUT2D eigenvalue weighted by Crippen LogP contribution is -2.34. The Hall–Kier alpha value is -0.570. The van der Waals surface area contributed by atoms with Crippen LogP contribution in [-0.4, -0.2) is 30.4 Å². The molecule has 0 heterocycles. The maximum absolute atomic E-state index is 11.0. The van der Waals surface area contributed by atoms with E-state index in [-0.39, 0.29) is 5.91 Å². The third kappa shape index (κ3) is 2.82. The number of carbonyl (C=O) groups is 1. The van der Waals surface area contributed by atoms with E-state index < -0.39 is 0 Å². The molecule has 0 saturated carbocycles. The van der Waals surface area contributed by atoms with Crippen LogP contribution in [0.1, 0.15) is 20.3 Å². The molecular weight excluding hydrogens is 128 g/mol. The van der Waals surface area contributed by atoms with E-state index in [0.29, 0.717) is 19.5 Å². The van der Waals surface area contributed by atoms with Gasteiger partial charge in [0.1, 0.15) is 0 Å². The molecule has 3 nitrogen and oxygen atoms in total. The minimum Gasteiger partial charge on any atom is -0.342 e. The van der Waals surface area contributed by atoms with Crippen LogP contribution in [0.4, 0.5) is 0 Å². The Labute approximate surface area is 62.2 Å². The molecule has 60 valence electrons. The van der Waals surface area contributed by atoms with Crippen LogP contribution in [0, 0.1) is 0 Å². The number of nitrogens with two attached hydrogens (primary N) is 1. The molecule has 0 aromatic heterocycles. The minimum atomic E-state index is 0.188. The summed E-state index contributed by atoms with van der Waals surface area (Å²) in [5.41, 5.74) is 5.30. The second-order valence-electron chi connectivity index (χ2n) is 2.12. The summed E-state index contributed by atoms with van der Waals surface area (Å²) in [7, 11) is 0. The summed E-state index contributed by atoms with van der Waals surface area (Å²) in [6, 6.07) is 0. The van der Waals surface area contributed by atoms with Crippen LogP contribution in [0.5, 0.6) is 0 Å². The van der Waals surface area contributed by atoms with Gasteiger partial charge in [-0.2, -0.15) is 0 Å². The third-order valence-electron chi connectivity index (χ3n) is 1.44. The molecule has 0 aromatic rings. The second-order valence-corrected chi connectivity index (χ2v) is 2.12. The van der Waals surface area contributed by atoms with Crippen LogP contribution >= 0.6 is 0 Å².